The molecule has 3 aromatic rings. The second kappa shape index (κ2) is 9.27. The molecule has 154 valence electrons. The van der Waals surface area contributed by atoms with Gasteiger partial charge in [0.15, 0.2) is 11.6 Å². The van der Waals surface area contributed by atoms with Crippen LogP contribution in [0.3, 0.4) is 0 Å². The lowest BCUT2D eigenvalue weighted by Crippen LogP contribution is -2.35. The number of rotatable bonds is 7. The topological polar surface area (TPSA) is 108 Å². The van der Waals surface area contributed by atoms with Crippen molar-refractivity contribution in [3.63, 3.8) is 0 Å². The molecule has 0 aliphatic carbocycles. The van der Waals surface area contributed by atoms with Crippen molar-refractivity contribution in [2.24, 2.45) is 0 Å². The maximum Gasteiger partial charge on any atom is 0.262 e. The van der Waals surface area contributed by atoms with Crippen LogP contribution in [0.4, 0.5) is 0 Å². The van der Waals surface area contributed by atoms with Crippen molar-refractivity contribution in [2.75, 3.05) is 19.8 Å². The van der Waals surface area contributed by atoms with E-state index in [9.17, 15) is 4.79 Å². The Morgan fingerprint density at radius 2 is 2.10 bits per heavy atom. The summed E-state index contributed by atoms with van der Waals surface area (Å²) in [7, 11) is 0. The SMILES string of the molecule is CCOc1cccnc1Oc1cncc(-c2ncc(C(=O)NC3CCOC3)cn2)c1. The van der Waals surface area contributed by atoms with E-state index < -0.39 is 0 Å². The average Bonchev–Trinajstić information content (AvgIpc) is 3.29. The maximum atomic E-state index is 12.3. The monoisotopic (exact) mass is 407 g/mol. The molecule has 9 heteroatoms. The van der Waals surface area contributed by atoms with E-state index >= 15 is 0 Å². The molecule has 3 aromatic heterocycles. The second-order valence-electron chi connectivity index (χ2n) is 6.58. The number of nitrogens with zero attached hydrogens (tertiary/aromatic N) is 4. The fourth-order valence-corrected chi connectivity index (χ4v) is 2.94. The van der Waals surface area contributed by atoms with Crippen LogP contribution in [0.15, 0.2) is 49.2 Å². The van der Waals surface area contributed by atoms with Crippen molar-refractivity contribution in [2.45, 2.75) is 19.4 Å². The molecule has 1 aliphatic heterocycles. The summed E-state index contributed by atoms with van der Waals surface area (Å²) in [5.41, 5.74) is 1.04. The Labute approximate surface area is 173 Å². The van der Waals surface area contributed by atoms with Gasteiger partial charge in [-0.15, -0.1) is 0 Å². The maximum absolute atomic E-state index is 12.3. The van der Waals surface area contributed by atoms with Crippen LogP contribution >= 0.6 is 0 Å². The second-order valence-corrected chi connectivity index (χ2v) is 6.58. The molecule has 1 unspecified atom stereocenters. The van der Waals surface area contributed by atoms with Gasteiger partial charge in [0, 0.05) is 37.0 Å². The molecule has 0 bridgehead atoms. The average molecular weight is 407 g/mol. The Balaban J connectivity index is 1.48. The number of carbonyl (C=O) groups is 1. The summed E-state index contributed by atoms with van der Waals surface area (Å²) in [6.07, 6.45) is 8.61. The molecule has 30 heavy (non-hydrogen) atoms. The highest BCUT2D eigenvalue weighted by Gasteiger charge is 2.19. The Morgan fingerprint density at radius 1 is 1.23 bits per heavy atom. The number of pyridine rings is 2. The van der Waals surface area contributed by atoms with Gasteiger partial charge in [-0.2, -0.15) is 0 Å². The van der Waals surface area contributed by atoms with Gasteiger partial charge in [-0.3, -0.25) is 9.78 Å². The van der Waals surface area contributed by atoms with Crippen LogP contribution < -0.4 is 14.8 Å². The Bertz CT molecular complexity index is 1010. The van der Waals surface area contributed by atoms with Crippen LogP contribution in [0.5, 0.6) is 17.4 Å². The highest BCUT2D eigenvalue weighted by atomic mass is 16.5. The highest BCUT2D eigenvalue weighted by Crippen LogP contribution is 2.30. The first-order valence-electron chi connectivity index (χ1n) is 9.64. The van der Waals surface area contributed by atoms with E-state index in [1.807, 2.05) is 6.92 Å². The number of hydrogen-bond donors (Lipinski definition) is 1. The lowest BCUT2D eigenvalue weighted by molar-refractivity contribution is 0.0929. The summed E-state index contributed by atoms with van der Waals surface area (Å²) in [4.78, 5) is 29.3. The molecule has 0 aromatic carbocycles. The van der Waals surface area contributed by atoms with Crippen LogP contribution in [0.25, 0.3) is 11.4 Å². The summed E-state index contributed by atoms with van der Waals surface area (Å²) < 4.78 is 16.6. The van der Waals surface area contributed by atoms with Gasteiger partial charge in [-0.1, -0.05) is 0 Å². The Kier molecular flexibility index (Phi) is 6.09. The molecule has 0 saturated carbocycles. The van der Waals surface area contributed by atoms with Crippen LogP contribution in [-0.2, 0) is 4.74 Å². The molecule has 1 saturated heterocycles. The predicted octanol–water partition coefficient (Wildman–Crippen LogP) is 2.64. The Morgan fingerprint density at radius 3 is 2.87 bits per heavy atom. The molecule has 1 atom stereocenters. The van der Waals surface area contributed by atoms with Crippen LogP contribution in [0, 0.1) is 0 Å². The summed E-state index contributed by atoms with van der Waals surface area (Å²) in [6, 6.07) is 5.34. The molecule has 4 rings (SSSR count). The standard InChI is InChI=1S/C21H21N5O4/c1-2-29-18-4-3-6-23-21(18)30-17-8-14(9-22-12-17)19-24-10-15(11-25-19)20(27)26-16-5-7-28-13-16/h3-4,6,8-12,16H,2,5,7,13H2,1H3,(H,26,27). The van der Waals surface area contributed by atoms with Crippen molar-refractivity contribution in [3.8, 4) is 28.8 Å². The zero-order chi connectivity index (χ0) is 20.8. The van der Waals surface area contributed by atoms with E-state index in [-0.39, 0.29) is 11.9 Å². The number of hydrogen-bond acceptors (Lipinski definition) is 8. The zero-order valence-corrected chi connectivity index (χ0v) is 16.4. The zero-order valence-electron chi connectivity index (χ0n) is 16.4. The smallest absolute Gasteiger partial charge is 0.262 e. The number of carbonyl (C=O) groups excluding carboxylic acids is 1. The quantitative estimate of drug-likeness (QED) is 0.637. The van der Waals surface area contributed by atoms with Crippen LogP contribution in [0.2, 0.25) is 0 Å². The van der Waals surface area contributed by atoms with Gasteiger partial charge < -0.3 is 19.5 Å². The molecule has 1 aliphatic rings. The van der Waals surface area contributed by atoms with Gasteiger partial charge >= 0.3 is 0 Å². The minimum Gasteiger partial charge on any atom is -0.488 e. The first kappa shape index (κ1) is 19.7. The van der Waals surface area contributed by atoms with E-state index in [4.69, 9.17) is 14.2 Å². The molecule has 1 fully saturated rings. The molecule has 0 radical (unpaired) electrons. The van der Waals surface area contributed by atoms with E-state index in [0.717, 1.165) is 6.42 Å². The van der Waals surface area contributed by atoms with Crippen molar-refractivity contribution >= 4 is 5.91 Å². The normalized spacial score (nSPS) is 15.6. The lowest BCUT2D eigenvalue weighted by Gasteiger charge is -2.11. The van der Waals surface area contributed by atoms with E-state index in [0.29, 0.717) is 54.2 Å². The summed E-state index contributed by atoms with van der Waals surface area (Å²) in [5.74, 6) is 1.58. The largest absolute Gasteiger partial charge is 0.488 e. The summed E-state index contributed by atoms with van der Waals surface area (Å²) >= 11 is 0. The number of amides is 1. The molecule has 0 spiro atoms. The van der Waals surface area contributed by atoms with E-state index in [1.54, 1.807) is 36.8 Å². The van der Waals surface area contributed by atoms with Crippen molar-refractivity contribution in [1.82, 2.24) is 25.3 Å². The molecule has 1 N–H and O–H groups in total. The van der Waals surface area contributed by atoms with Gasteiger partial charge in [0.1, 0.15) is 5.75 Å². The molecule has 4 heterocycles. The van der Waals surface area contributed by atoms with Crippen LogP contribution in [-0.4, -0.2) is 51.7 Å². The van der Waals surface area contributed by atoms with Gasteiger partial charge in [-0.25, -0.2) is 15.0 Å². The molecular weight excluding hydrogens is 386 g/mol. The molecular formula is C21H21N5O4. The van der Waals surface area contributed by atoms with Gasteiger partial charge in [0.2, 0.25) is 0 Å². The number of ether oxygens (including phenoxy) is 3. The third kappa shape index (κ3) is 4.69. The first-order valence-corrected chi connectivity index (χ1v) is 9.64. The first-order chi connectivity index (χ1) is 14.7. The molecule has 1 amide bonds. The van der Waals surface area contributed by atoms with Crippen molar-refractivity contribution < 1.29 is 19.0 Å². The third-order valence-electron chi connectivity index (χ3n) is 4.40. The van der Waals surface area contributed by atoms with E-state index in [2.05, 4.69) is 25.3 Å². The van der Waals surface area contributed by atoms with Crippen molar-refractivity contribution in [3.05, 3.63) is 54.7 Å². The summed E-state index contributed by atoms with van der Waals surface area (Å²) in [6.45, 7) is 3.59. The minimum atomic E-state index is -0.217. The van der Waals surface area contributed by atoms with Gasteiger partial charge in [0.05, 0.1) is 31.0 Å². The van der Waals surface area contributed by atoms with Gasteiger partial charge in [0.25, 0.3) is 11.8 Å². The molecule has 9 nitrogen and oxygen atoms in total. The fourth-order valence-electron chi connectivity index (χ4n) is 2.94. The van der Waals surface area contributed by atoms with E-state index in [1.165, 1.54) is 12.4 Å². The highest BCUT2D eigenvalue weighted by molar-refractivity contribution is 5.93. The van der Waals surface area contributed by atoms with Crippen molar-refractivity contribution in [1.29, 1.82) is 0 Å². The third-order valence-corrected chi connectivity index (χ3v) is 4.40. The fraction of sp³-hybridized carbons (Fsp3) is 0.286. The number of nitrogens with one attached hydrogen (secondary N) is 1. The summed E-state index contributed by atoms with van der Waals surface area (Å²) in [5, 5.41) is 2.91. The lowest BCUT2D eigenvalue weighted by atomic mass is 10.2. The minimum absolute atomic E-state index is 0.0309. The Hall–Kier alpha value is -3.59. The predicted molar refractivity (Wildman–Crippen MR) is 107 cm³/mol. The van der Waals surface area contributed by atoms with Gasteiger partial charge in [-0.05, 0) is 31.5 Å². The van der Waals surface area contributed by atoms with Crippen LogP contribution in [0.1, 0.15) is 23.7 Å². The number of aromatic nitrogens is 4.